The second-order valence-corrected chi connectivity index (χ2v) is 5.52. The predicted octanol–water partition coefficient (Wildman–Crippen LogP) is 4.32. The van der Waals surface area contributed by atoms with E-state index in [9.17, 15) is 0 Å². The van der Waals surface area contributed by atoms with Crippen LogP contribution in [0.15, 0.2) is 54.8 Å². The second-order valence-electron chi connectivity index (χ2n) is 4.60. The largest absolute Gasteiger partial charge is 0.455 e. The number of hydrogen-bond donors (Lipinski definition) is 1. The number of nitrogens with zero attached hydrogens (tertiary/aromatic N) is 3. The lowest BCUT2D eigenvalue weighted by molar-refractivity contribution is 0.533. The number of rotatable bonds is 4. The fourth-order valence-corrected chi connectivity index (χ4v) is 2.35. The van der Waals surface area contributed by atoms with Crippen molar-refractivity contribution in [2.45, 2.75) is 6.92 Å². The number of furan rings is 1. The van der Waals surface area contributed by atoms with Gasteiger partial charge in [0.15, 0.2) is 5.89 Å². The van der Waals surface area contributed by atoms with E-state index in [0.717, 1.165) is 15.8 Å². The Balaban J connectivity index is 1.73. The minimum absolute atomic E-state index is 0.161. The van der Waals surface area contributed by atoms with E-state index in [0.29, 0.717) is 11.7 Å². The number of hydrazone groups is 1. The molecule has 0 saturated carbocycles. The number of anilines is 1. The molecule has 7 heteroatoms. The van der Waals surface area contributed by atoms with Crippen LogP contribution in [0.2, 0.25) is 0 Å². The first kappa shape index (κ1) is 15.1. The standard InChI is InChI=1S/C16H11BrN4O2/c1-10-20-14(8-18)16(22-10)21-19-9-13-5-6-15(23-13)11-3-2-4-12(17)7-11/h2-7,9,21H,1H3. The molecule has 0 aliphatic heterocycles. The van der Waals surface area contributed by atoms with E-state index < -0.39 is 0 Å². The van der Waals surface area contributed by atoms with Gasteiger partial charge in [-0.05, 0) is 24.3 Å². The van der Waals surface area contributed by atoms with Crippen molar-refractivity contribution in [1.82, 2.24) is 4.98 Å². The van der Waals surface area contributed by atoms with Crippen LogP contribution in [-0.4, -0.2) is 11.2 Å². The number of hydrogen-bond acceptors (Lipinski definition) is 6. The molecule has 0 aliphatic rings. The van der Waals surface area contributed by atoms with Crippen LogP contribution in [0.3, 0.4) is 0 Å². The number of benzene rings is 1. The molecular formula is C16H11BrN4O2. The van der Waals surface area contributed by atoms with E-state index in [4.69, 9.17) is 14.1 Å². The molecule has 0 amide bonds. The van der Waals surface area contributed by atoms with Crippen molar-refractivity contribution < 1.29 is 8.83 Å². The first-order chi connectivity index (χ1) is 11.2. The van der Waals surface area contributed by atoms with Crippen LogP contribution in [0.25, 0.3) is 11.3 Å². The van der Waals surface area contributed by atoms with Crippen molar-refractivity contribution in [2.24, 2.45) is 5.10 Å². The molecule has 0 fully saturated rings. The average Bonchev–Trinajstić information content (AvgIpc) is 3.14. The highest BCUT2D eigenvalue weighted by Crippen LogP contribution is 2.24. The lowest BCUT2D eigenvalue weighted by Crippen LogP contribution is -1.90. The van der Waals surface area contributed by atoms with Crippen LogP contribution < -0.4 is 5.43 Å². The Hall–Kier alpha value is -2.85. The molecule has 3 rings (SSSR count). The molecule has 1 N–H and O–H groups in total. The summed E-state index contributed by atoms with van der Waals surface area (Å²) in [5.74, 6) is 1.91. The number of nitriles is 1. The first-order valence-electron chi connectivity index (χ1n) is 6.68. The fourth-order valence-electron chi connectivity index (χ4n) is 1.95. The molecule has 0 saturated heterocycles. The zero-order valence-electron chi connectivity index (χ0n) is 12.1. The second kappa shape index (κ2) is 6.50. The number of nitrogens with one attached hydrogen (secondary N) is 1. The molecule has 2 aromatic heterocycles. The highest BCUT2D eigenvalue weighted by molar-refractivity contribution is 9.10. The van der Waals surface area contributed by atoms with Gasteiger partial charge in [0.25, 0.3) is 5.88 Å². The van der Waals surface area contributed by atoms with Gasteiger partial charge in [-0.15, -0.1) is 0 Å². The Labute approximate surface area is 140 Å². The van der Waals surface area contributed by atoms with Crippen molar-refractivity contribution in [1.29, 1.82) is 5.26 Å². The molecule has 6 nitrogen and oxygen atoms in total. The van der Waals surface area contributed by atoms with Gasteiger partial charge >= 0.3 is 0 Å². The number of halogens is 1. The Morgan fingerprint density at radius 2 is 2.17 bits per heavy atom. The minimum Gasteiger partial charge on any atom is -0.455 e. The van der Waals surface area contributed by atoms with Crippen LogP contribution in [0.5, 0.6) is 0 Å². The van der Waals surface area contributed by atoms with E-state index in [1.54, 1.807) is 13.0 Å². The summed E-state index contributed by atoms with van der Waals surface area (Å²) < 4.78 is 11.9. The van der Waals surface area contributed by atoms with Gasteiger partial charge in [-0.25, -0.2) is 10.4 Å². The summed E-state index contributed by atoms with van der Waals surface area (Å²) in [7, 11) is 0. The van der Waals surface area contributed by atoms with Crippen LogP contribution in [0, 0.1) is 18.3 Å². The summed E-state index contributed by atoms with van der Waals surface area (Å²) in [4.78, 5) is 3.91. The van der Waals surface area contributed by atoms with E-state index in [1.807, 2.05) is 36.4 Å². The lowest BCUT2D eigenvalue weighted by Gasteiger charge is -1.97. The zero-order valence-corrected chi connectivity index (χ0v) is 13.7. The third kappa shape index (κ3) is 3.49. The van der Waals surface area contributed by atoms with Gasteiger partial charge in [0.1, 0.15) is 17.6 Å². The Morgan fingerprint density at radius 3 is 2.96 bits per heavy atom. The van der Waals surface area contributed by atoms with Gasteiger partial charge in [0.05, 0.1) is 6.21 Å². The smallest absolute Gasteiger partial charge is 0.252 e. The first-order valence-corrected chi connectivity index (χ1v) is 7.47. The number of aromatic nitrogens is 1. The normalized spacial score (nSPS) is 10.8. The van der Waals surface area contributed by atoms with Crippen LogP contribution in [0.4, 0.5) is 5.88 Å². The Kier molecular flexibility index (Phi) is 4.26. The number of oxazole rings is 1. The van der Waals surface area contributed by atoms with Crippen molar-refractivity contribution in [3.63, 3.8) is 0 Å². The molecule has 23 heavy (non-hydrogen) atoms. The van der Waals surface area contributed by atoms with Gasteiger partial charge in [-0.2, -0.15) is 10.4 Å². The highest BCUT2D eigenvalue weighted by Gasteiger charge is 2.09. The van der Waals surface area contributed by atoms with E-state index >= 15 is 0 Å². The molecule has 0 bridgehead atoms. The van der Waals surface area contributed by atoms with Crippen molar-refractivity contribution in [3.8, 4) is 17.4 Å². The zero-order chi connectivity index (χ0) is 16.2. The molecule has 2 heterocycles. The average molecular weight is 371 g/mol. The maximum absolute atomic E-state index is 8.91. The third-order valence-corrected chi connectivity index (χ3v) is 3.43. The summed E-state index contributed by atoms with van der Waals surface area (Å²) in [6.07, 6.45) is 1.50. The SMILES string of the molecule is Cc1nc(C#N)c(NN=Cc2ccc(-c3cccc(Br)c3)o2)o1. The summed E-state index contributed by atoms with van der Waals surface area (Å²) in [5, 5.41) is 12.9. The van der Waals surface area contributed by atoms with Gasteiger partial charge in [-0.1, -0.05) is 28.1 Å². The molecule has 0 radical (unpaired) electrons. The molecule has 3 aromatic rings. The Bertz CT molecular complexity index is 905. The summed E-state index contributed by atoms with van der Waals surface area (Å²) in [5.41, 5.74) is 3.77. The van der Waals surface area contributed by atoms with E-state index in [1.165, 1.54) is 6.21 Å². The van der Waals surface area contributed by atoms with Gasteiger partial charge < -0.3 is 8.83 Å². The monoisotopic (exact) mass is 370 g/mol. The molecule has 0 unspecified atom stereocenters. The maximum atomic E-state index is 8.91. The van der Waals surface area contributed by atoms with Crippen LogP contribution >= 0.6 is 15.9 Å². The summed E-state index contributed by atoms with van der Waals surface area (Å²) >= 11 is 3.43. The molecule has 1 aromatic carbocycles. The van der Waals surface area contributed by atoms with Crippen molar-refractivity contribution in [2.75, 3.05) is 5.43 Å². The number of aryl methyl sites for hydroxylation is 1. The van der Waals surface area contributed by atoms with Gasteiger partial charge in [0, 0.05) is 17.0 Å². The van der Waals surface area contributed by atoms with Crippen LogP contribution in [0.1, 0.15) is 17.3 Å². The minimum atomic E-state index is 0.161. The molecular weight excluding hydrogens is 360 g/mol. The van der Waals surface area contributed by atoms with E-state index in [2.05, 4.69) is 31.4 Å². The topological polar surface area (TPSA) is 87.4 Å². The fraction of sp³-hybridized carbons (Fsp3) is 0.0625. The van der Waals surface area contributed by atoms with Gasteiger partial charge in [-0.3, -0.25) is 0 Å². The Morgan fingerprint density at radius 1 is 1.30 bits per heavy atom. The quantitative estimate of drug-likeness (QED) is 0.545. The van der Waals surface area contributed by atoms with Crippen LogP contribution in [-0.2, 0) is 0 Å². The predicted molar refractivity (Wildman–Crippen MR) is 89.0 cm³/mol. The highest BCUT2D eigenvalue weighted by atomic mass is 79.9. The molecule has 0 spiro atoms. The van der Waals surface area contributed by atoms with Crippen molar-refractivity contribution in [3.05, 3.63) is 58.2 Å². The van der Waals surface area contributed by atoms with Crippen molar-refractivity contribution >= 4 is 28.0 Å². The molecule has 0 atom stereocenters. The van der Waals surface area contributed by atoms with Gasteiger partial charge in [0.2, 0.25) is 5.69 Å². The maximum Gasteiger partial charge on any atom is 0.252 e. The molecule has 0 aliphatic carbocycles. The molecule has 114 valence electrons. The van der Waals surface area contributed by atoms with E-state index in [-0.39, 0.29) is 11.6 Å². The lowest BCUT2D eigenvalue weighted by atomic mass is 10.2. The summed E-state index contributed by atoms with van der Waals surface area (Å²) in [6.45, 7) is 1.66. The third-order valence-electron chi connectivity index (χ3n) is 2.93. The summed E-state index contributed by atoms with van der Waals surface area (Å²) in [6, 6.07) is 13.4.